The number of carbonyl (C=O) groups is 5. The van der Waals surface area contributed by atoms with Crippen LogP contribution in [0.25, 0.3) is 0 Å². The summed E-state index contributed by atoms with van der Waals surface area (Å²) < 4.78 is 37.9. The third-order valence-corrected chi connectivity index (χ3v) is 13.6. The van der Waals surface area contributed by atoms with Crippen molar-refractivity contribution >= 4 is 52.8 Å². The first-order valence-electron chi connectivity index (χ1n) is 22.3. The second-order valence-corrected chi connectivity index (χ2v) is 18.4. The number of nitrogens with zero attached hydrogens (tertiary/aromatic N) is 8. The lowest BCUT2D eigenvalue weighted by atomic mass is 9.78. The number of benzene rings is 3. The van der Waals surface area contributed by atoms with Crippen LogP contribution in [-0.4, -0.2) is 136 Å². The fourth-order valence-electron chi connectivity index (χ4n) is 9.37. The lowest BCUT2D eigenvalue weighted by Crippen LogP contribution is -2.66. The zero-order valence-corrected chi connectivity index (χ0v) is 38.1. The first-order valence-corrected chi connectivity index (χ1v) is 22.7. The van der Waals surface area contributed by atoms with Gasteiger partial charge in [0.1, 0.15) is 18.4 Å². The van der Waals surface area contributed by atoms with Crippen LogP contribution in [0.4, 0.5) is 24.8 Å². The van der Waals surface area contributed by atoms with E-state index in [0.717, 1.165) is 104 Å². The van der Waals surface area contributed by atoms with Gasteiger partial charge >= 0.3 is 12.1 Å². The van der Waals surface area contributed by atoms with Crippen LogP contribution in [0.2, 0.25) is 5.02 Å². The maximum absolute atomic E-state index is 13.4. The zero-order valence-electron chi connectivity index (χ0n) is 37.3. The molecule has 16 nitrogen and oxygen atoms in total. The van der Waals surface area contributed by atoms with Crippen molar-refractivity contribution in [2.45, 2.75) is 75.9 Å². The Bertz CT molecular complexity index is 2650. The molecule has 68 heavy (non-hydrogen) atoms. The topological polar surface area (TPSA) is 193 Å². The van der Waals surface area contributed by atoms with Gasteiger partial charge in [0, 0.05) is 93.2 Å². The molecule has 4 fully saturated rings. The van der Waals surface area contributed by atoms with E-state index >= 15 is 0 Å². The Balaban J connectivity index is 0.000000830. The number of nitriles is 1. The summed E-state index contributed by atoms with van der Waals surface area (Å²) in [4.78, 5) is 79.9. The third kappa shape index (κ3) is 10.3. The summed E-state index contributed by atoms with van der Waals surface area (Å²) in [7, 11) is 0. The second-order valence-electron chi connectivity index (χ2n) is 18.0. The maximum atomic E-state index is 13.4. The minimum atomic E-state index is -5.08. The summed E-state index contributed by atoms with van der Waals surface area (Å²) in [5, 5.41) is 19.3. The molecule has 2 N–H and O–H groups in total. The van der Waals surface area contributed by atoms with Crippen LogP contribution in [0.1, 0.15) is 82.6 Å². The number of rotatable bonds is 10. The van der Waals surface area contributed by atoms with Crippen molar-refractivity contribution in [3.8, 4) is 11.8 Å². The van der Waals surface area contributed by atoms with E-state index in [9.17, 15) is 37.6 Å². The number of carbonyl (C=O) groups excluding carboxylic acids is 4. The molecule has 0 spiro atoms. The van der Waals surface area contributed by atoms with Gasteiger partial charge in [-0.15, -0.1) is 0 Å². The number of imide groups is 2. The number of alkyl halides is 3. The van der Waals surface area contributed by atoms with Crippen LogP contribution in [0.15, 0.2) is 72.9 Å². The maximum Gasteiger partial charge on any atom is 0.490 e. The Morgan fingerprint density at radius 2 is 1.56 bits per heavy atom. The largest absolute Gasteiger partial charge is 0.490 e. The molecule has 1 aromatic heterocycles. The van der Waals surface area contributed by atoms with Crippen molar-refractivity contribution in [2.24, 2.45) is 0 Å². The van der Waals surface area contributed by atoms with Gasteiger partial charge in [-0.2, -0.15) is 18.4 Å². The molecular weight excluding hydrogens is 907 g/mol. The van der Waals surface area contributed by atoms with Crippen molar-refractivity contribution in [1.82, 2.24) is 30.0 Å². The number of hydrogen-bond acceptors (Lipinski definition) is 13. The number of halogens is 4. The number of ether oxygens (including phenoxy) is 1. The molecule has 5 aliphatic rings. The van der Waals surface area contributed by atoms with E-state index < -0.39 is 35.9 Å². The Morgan fingerprint density at radius 3 is 2.24 bits per heavy atom. The van der Waals surface area contributed by atoms with Gasteiger partial charge in [-0.1, -0.05) is 37.6 Å². The standard InChI is InChI=1S/C46H48ClN9O5.C2HF3O2/c1-46(2,31-20-29(24-48)21-32(47)22-31)30-5-8-37(9-6-30)61-28-33-13-14-49-45(50-33)53-18-16-52(17-19-53)36-26-55(27-36)35-4-3-15-54(25-35)34-7-10-38-39(23-34)44(60)56(43(38)59)40-11-12-41(57)51-42(40)58;3-2(4,5)1(6)7/h5-10,13-14,20-23,35-36,40H,3-4,11-12,15-19,25-28H2,1-2H3,(H,51,57,58);(H,6,7). The lowest BCUT2D eigenvalue weighted by molar-refractivity contribution is -0.192. The Labute approximate surface area is 395 Å². The van der Waals surface area contributed by atoms with E-state index in [1.165, 1.54) is 0 Å². The van der Waals surface area contributed by atoms with Crippen molar-refractivity contribution < 1.29 is 47.0 Å². The molecule has 2 atom stereocenters. The monoisotopic (exact) mass is 955 g/mol. The number of carboxylic acids is 1. The van der Waals surface area contributed by atoms with Crippen LogP contribution in [-0.2, 0) is 26.4 Å². The Hall–Kier alpha value is -6.62. The van der Waals surface area contributed by atoms with Crippen LogP contribution in [0.5, 0.6) is 5.75 Å². The Morgan fingerprint density at radius 1 is 0.853 bits per heavy atom. The molecule has 4 saturated heterocycles. The van der Waals surface area contributed by atoms with E-state index in [2.05, 4.69) is 49.8 Å². The number of carboxylic acid groups (broad SMARTS) is 1. The fourth-order valence-corrected chi connectivity index (χ4v) is 9.61. The van der Waals surface area contributed by atoms with E-state index in [0.29, 0.717) is 40.4 Å². The number of aromatic nitrogens is 2. The first-order chi connectivity index (χ1) is 32.4. The fraction of sp³-hybridized carbons (Fsp3) is 0.417. The highest BCUT2D eigenvalue weighted by molar-refractivity contribution is 6.30. The zero-order chi connectivity index (χ0) is 48.5. The predicted molar refractivity (Wildman–Crippen MR) is 242 cm³/mol. The summed E-state index contributed by atoms with van der Waals surface area (Å²) in [5.41, 5.74) is 4.57. The molecule has 4 amide bonds. The van der Waals surface area contributed by atoms with Crippen molar-refractivity contribution in [1.29, 1.82) is 5.26 Å². The van der Waals surface area contributed by atoms with Crippen LogP contribution >= 0.6 is 11.6 Å². The number of amides is 4. The molecule has 0 bridgehead atoms. The van der Waals surface area contributed by atoms with Crippen molar-refractivity contribution in [3.63, 3.8) is 0 Å². The summed E-state index contributed by atoms with van der Waals surface area (Å²) in [6.45, 7) is 11.9. The minimum absolute atomic E-state index is 0.0942. The summed E-state index contributed by atoms with van der Waals surface area (Å²) in [6, 6.07) is 22.9. The number of likely N-dealkylation sites (tertiary alicyclic amines) is 1. The molecule has 6 heterocycles. The Kier molecular flexibility index (Phi) is 13.8. The summed E-state index contributed by atoms with van der Waals surface area (Å²) >= 11 is 6.31. The molecule has 0 aliphatic carbocycles. The number of piperazine rings is 1. The first kappa shape index (κ1) is 47.9. The number of piperidine rings is 2. The van der Waals surface area contributed by atoms with Gasteiger partial charge in [-0.25, -0.2) is 14.8 Å². The van der Waals surface area contributed by atoms with E-state index in [-0.39, 0.29) is 24.2 Å². The summed E-state index contributed by atoms with van der Waals surface area (Å²) in [5.74, 6) is -3.25. The van der Waals surface area contributed by atoms with Crippen LogP contribution < -0.4 is 19.9 Å². The highest BCUT2D eigenvalue weighted by Gasteiger charge is 2.45. The second kappa shape index (κ2) is 19.5. The predicted octanol–water partition coefficient (Wildman–Crippen LogP) is 5.42. The van der Waals surface area contributed by atoms with Crippen LogP contribution in [0, 0.1) is 11.3 Å². The number of fused-ring (bicyclic) bond motifs is 1. The van der Waals surface area contributed by atoms with Gasteiger partial charge in [0.25, 0.3) is 11.8 Å². The molecule has 0 radical (unpaired) electrons. The van der Waals surface area contributed by atoms with Gasteiger partial charge in [0.2, 0.25) is 17.8 Å². The van der Waals surface area contributed by atoms with Crippen LogP contribution in [0.3, 0.4) is 0 Å². The van der Waals surface area contributed by atoms with Crippen molar-refractivity contribution in [3.05, 3.63) is 111 Å². The van der Waals surface area contributed by atoms with Gasteiger partial charge in [-0.3, -0.25) is 39.2 Å². The smallest absolute Gasteiger partial charge is 0.487 e. The van der Waals surface area contributed by atoms with E-state index in [4.69, 9.17) is 31.2 Å². The van der Waals surface area contributed by atoms with E-state index in [1.807, 2.05) is 48.5 Å². The number of aliphatic carboxylic acids is 1. The number of nitrogens with one attached hydrogen (secondary N) is 1. The van der Waals surface area contributed by atoms with Crippen molar-refractivity contribution in [2.75, 3.05) is 62.2 Å². The molecule has 0 saturated carbocycles. The molecule has 9 rings (SSSR count). The van der Waals surface area contributed by atoms with E-state index in [1.54, 1.807) is 24.4 Å². The summed E-state index contributed by atoms with van der Waals surface area (Å²) in [6.07, 6.45) is -0.912. The average molecular weight is 956 g/mol. The molecule has 5 aliphatic heterocycles. The van der Waals surface area contributed by atoms with Gasteiger partial charge < -0.3 is 19.6 Å². The lowest BCUT2D eigenvalue weighted by Gasteiger charge is -2.52. The van der Waals surface area contributed by atoms with Gasteiger partial charge in [0.05, 0.1) is 28.5 Å². The number of anilines is 2. The number of hydrogen-bond donors (Lipinski definition) is 2. The molecule has 3 aromatic carbocycles. The highest BCUT2D eigenvalue weighted by atomic mass is 35.5. The molecule has 4 aromatic rings. The van der Waals surface area contributed by atoms with Gasteiger partial charge in [0.15, 0.2) is 0 Å². The molecular formula is C48H49ClF3N9O7. The minimum Gasteiger partial charge on any atom is -0.487 e. The highest BCUT2D eigenvalue weighted by Crippen LogP contribution is 2.36. The normalized spacial score (nSPS) is 20.5. The molecule has 2 unspecified atom stereocenters. The average Bonchev–Trinajstić information content (AvgIpc) is 3.55. The van der Waals surface area contributed by atoms with Gasteiger partial charge in [-0.05, 0) is 85.0 Å². The molecule has 356 valence electrons. The quantitative estimate of drug-likeness (QED) is 0.192. The third-order valence-electron chi connectivity index (χ3n) is 13.4. The molecule has 20 heteroatoms. The SMILES string of the molecule is CC(C)(c1ccc(OCc2ccnc(N3CCN(C4CN(C5CCCN(c6ccc7c(c6)C(=O)N(C6CCC(=O)NC6=O)C7=O)C5)C4)CC3)n2)cc1)c1cc(Cl)cc(C#N)c1.O=C(O)C(F)(F)F.